The van der Waals surface area contributed by atoms with Gasteiger partial charge >= 0.3 is 0 Å². The molecule has 0 aliphatic heterocycles. The van der Waals surface area contributed by atoms with Crippen LogP contribution in [-0.2, 0) is 6.54 Å². The zero-order valence-corrected chi connectivity index (χ0v) is 15.1. The number of aliphatic hydroxyl groups is 1. The molecule has 0 aliphatic carbocycles. The first-order chi connectivity index (χ1) is 12.0. The van der Waals surface area contributed by atoms with Gasteiger partial charge in [0.15, 0.2) is 0 Å². The fraction of sp³-hybridized carbons (Fsp3) is 0.250. The fourth-order valence-electron chi connectivity index (χ4n) is 2.67. The Hall–Kier alpha value is -2.30. The van der Waals surface area contributed by atoms with E-state index in [4.69, 9.17) is 16.3 Å². The summed E-state index contributed by atoms with van der Waals surface area (Å²) in [5, 5.41) is 15.2. The molecule has 0 bridgehead atoms. The molecular formula is C20H21ClN2O2. The summed E-state index contributed by atoms with van der Waals surface area (Å²) in [6.45, 7) is 4.28. The van der Waals surface area contributed by atoms with Crippen molar-refractivity contribution in [3.8, 4) is 16.9 Å². The third-order valence-corrected chi connectivity index (χ3v) is 4.63. The lowest BCUT2D eigenvalue weighted by Crippen LogP contribution is -2.24. The quantitative estimate of drug-likeness (QED) is 0.717. The molecule has 1 aromatic heterocycles. The van der Waals surface area contributed by atoms with E-state index in [0.29, 0.717) is 11.6 Å². The van der Waals surface area contributed by atoms with E-state index in [1.165, 1.54) is 0 Å². The Labute approximate surface area is 152 Å². The summed E-state index contributed by atoms with van der Waals surface area (Å²) >= 11 is 6.12. The number of aliphatic hydroxyl groups excluding tert-OH is 1. The van der Waals surface area contributed by atoms with Gasteiger partial charge in [-0.05, 0) is 37.1 Å². The van der Waals surface area contributed by atoms with Crippen LogP contribution >= 0.6 is 11.6 Å². The molecule has 130 valence electrons. The van der Waals surface area contributed by atoms with E-state index < -0.39 is 6.10 Å². The van der Waals surface area contributed by atoms with E-state index in [9.17, 15) is 5.11 Å². The minimum absolute atomic E-state index is 0.195. The standard InChI is InChI=1S/C20H21ClN2O2/c1-14-20(21)15(2)23(22-14)12-18(24)13-25-19-10-8-17(9-11-19)16-6-4-3-5-7-16/h3-11,18,24H,12-13H2,1-2H3/t18-/m0/s1. The molecule has 0 aliphatic rings. The number of rotatable bonds is 6. The SMILES string of the molecule is Cc1nn(C[C@H](O)COc2ccc(-c3ccccc3)cc2)c(C)c1Cl. The number of hydrogen-bond donors (Lipinski definition) is 1. The van der Waals surface area contributed by atoms with E-state index >= 15 is 0 Å². The maximum Gasteiger partial charge on any atom is 0.119 e. The summed E-state index contributed by atoms with van der Waals surface area (Å²) < 4.78 is 7.40. The molecule has 4 nitrogen and oxygen atoms in total. The number of benzene rings is 2. The molecule has 0 unspecified atom stereocenters. The van der Waals surface area contributed by atoms with Gasteiger partial charge in [-0.1, -0.05) is 54.1 Å². The van der Waals surface area contributed by atoms with Crippen LogP contribution in [0.25, 0.3) is 11.1 Å². The minimum atomic E-state index is -0.664. The van der Waals surface area contributed by atoms with Gasteiger partial charge in [0.25, 0.3) is 0 Å². The van der Waals surface area contributed by atoms with Gasteiger partial charge in [0.1, 0.15) is 18.5 Å². The molecule has 0 saturated carbocycles. The van der Waals surface area contributed by atoms with E-state index in [2.05, 4.69) is 17.2 Å². The van der Waals surface area contributed by atoms with Crippen molar-refractivity contribution in [2.24, 2.45) is 0 Å². The predicted molar refractivity (Wildman–Crippen MR) is 100 cm³/mol. The second-order valence-electron chi connectivity index (χ2n) is 6.02. The Morgan fingerprint density at radius 1 is 1.04 bits per heavy atom. The Bertz CT molecular complexity index is 829. The monoisotopic (exact) mass is 356 g/mol. The zero-order chi connectivity index (χ0) is 17.8. The van der Waals surface area contributed by atoms with E-state index in [1.807, 2.05) is 56.3 Å². The van der Waals surface area contributed by atoms with Crippen molar-refractivity contribution in [2.75, 3.05) is 6.61 Å². The summed E-state index contributed by atoms with van der Waals surface area (Å²) in [6, 6.07) is 18.0. The van der Waals surface area contributed by atoms with Crippen LogP contribution in [0.3, 0.4) is 0 Å². The van der Waals surface area contributed by atoms with Crippen LogP contribution in [0.1, 0.15) is 11.4 Å². The average Bonchev–Trinajstić information content (AvgIpc) is 2.88. The van der Waals surface area contributed by atoms with E-state index in [1.54, 1.807) is 4.68 Å². The van der Waals surface area contributed by atoms with Gasteiger partial charge in [-0.25, -0.2) is 0 Å². The number of nitrogens with zero attached hydrogens (tertiary/aromatic N) is 2. The van der Waals surface area contributed by atoms with Gasteiger partial charge in [-0.15, -0.1) is 0 Å². The first-order valence-corrected chi connectivity index (χ1v) is 8.58. The lowest BCUT2D eigenvalue weighted by Gasteiger charge is -2.14. The molecule has 3 rings (SSSR count). The lowest BCUT2D eigenvalue weighted by atomic mass is 10.1. The van der Waals surface area contributed by atoms with Crippen molar-refractivity contribution in [1.82, 2.24) is 9.78 Å². The largest absolute Gasteiger partial charge is 0.491 e. The van der Waals surface area contributed by atoms with Crippen LogP contribution in [0.4, 0.5) is 0 Å². The highest BCUT2D eigenvalue weighted by atomic mass is 35.5. The Morgan fingerprint density at radius 3 is 2.28 bits per heavy atom. The van der Waals surface area contributed by atoms with Gasteiger partial charge < -0.3 is 9.84 Å². The Kier molecular flexibility index (Phi) is 5.41. The van der Waals surface area contributed by atoms with E-state index in [-0.39, 0.29) is 6.61 Å². The molecule has 3 aromatic rings. The van der Waals surface area contributed by atoms with Crippen LogP contribution in [-0.4, -0.2) is 27.6 Å². The van der Waals surface area contributed by atoms with Crippen molar-refractivity contribution in [2.45, 2.75) is 26.5 Å². The molecule has 1 heterocycles. The minimum Gasteiger partial charge on any atom is -0.491 e. The number of ether oxygens (including phenoxy) is 1. The van der Waals surface area contributed by atoms with Crippen LogP contribution < -0.4 is 4.74 Å². The van der Waals surface area contributed by atoms with Crippen molar-refractivity contribution in [1.29, 1.82) is 0 Å². The number of halogens is 1. The third-order valence-electron chi connectivity index (χ3n) is 4.08. The Balaban J connectivity index is 1.57. The molecule has 5 heteroatoms. The zero-order valence-electron chi connectivity index (χ0n) is 14.3. The van der Waals surface area contributed by atoms with E-state index in [0.717, 1.165) is 28.3 Å². The summed E-state index contributed by atoms with van der Waals surface area (Å²) in [5.74, 6) is 0.727. The van der Waals surface area contributed by atoms with Gasteiger partial charge in [0.2, 0.25) is 0 Å². The summed E-state index contributed by atoms with van der Waals surface area (Å²) in [4.78, 5) is 0. The molecule has 0 saturated heterocycles. The maximum absolute atomic E-state index is 10.2. The van der Waals surface area contributed by atoms with Crippen LogP contribution in [0, 0.1) is 13.8 Å². The van der Waals surface area contributed by atoms with Crippen LogP contribution in [0.5, 0.6) is 5.75 Å². The molecule has 25 heavy (non-hydrogen) atoms. The van der Waals surface area contributed by atoms with Crippen molar-refractivity contribution in [3.63, 3.8) is 0 Å². The van der Waals surface area contributed by atoms with Gasteiger partial charge in [-0.2, -0.15) is 5.10 Å². The topological polar surface area (TPSA) is 47.3 Å². The second-order valence-corrected chi connectivity index (χ2v) is 6.40. The second kappa shape index (κ2) is 7.72. The average molecular weight is 357 g/mol. The number of hydrogen-bond acceptors (Lipinski definition) is 3. The van der Waals surface area contributed by atoms with Crippen LogP contribution in [0.15, 0.2) is 54.6 Å². The maximum atomic E-state index is 10.2. The molecule has 0 radical (unpaired) electrons. The normalized spacial score (nSPS) is 12.2. The van der Waals surface area contributed by atoms with Gasteiger partial charge in [0.05, 0.1) is 23.0 Å². The van der Waals surface area contributed by atoms with Crippen molar-refractivity contribution < 1.29 is 9.84 Å². The summed E-state index contributed by atoms with van der Waals surface area (Å²) in [6.07, 6.45) is -0.664. The summed E-state index contributed by atoms with van der Waals surface area (Å²) in [7, 11) is 0. The van der Waals surface area contributed by atoms with Crippen molar-refractivity contribution in [3.05, 3.63) is 71.0 Å². The van der Waals surface area contributed by atoms with Crippen LogP contribution in [0.2, 0.25) is 5.02 Å². The highest BCUT2D eigenvalue weighted by Gasteiger charge is 2.13. The molecule has 1 N–H and O–H groups in total. The molecule has 0 spiro atoms. The summed E-state index contributed by atoms with van der Waals surface area (Å²) in [5.41, 5.74) is 3.91. The fourth-order valence-corrected chi connectivity index (χ4v) is 2.81. The molecule has 1 atom stereocenters. The molecule has 0 amide bonds. The number of aromatic nitrogens is 2. The highest BCUT2D eigenvalue weighted by Crippen LogP contribution is 2.22. The molecular weight excluding hydrogens is 336 g/mol. The van der Waals surface area contributed by atoms with Gasteiger partial charge in [-0.3, -0.25) is 4.68 Å². The van der Waals surface area contributed by atoms with Gasteiger partial charge in [0, 0.05) is 0 Å². The predicted octanol–water partition coefficient (Wildman–Crippen LogP) is 4.26. The first-order valence-electron chi connectivity index (χ1n) is 8.20. The first kappa shape index (κ1) is 17.5. The Morgan fingerprint density at radius 2 is 1.68 bits per heavy atom. The third kappa shape index (κ3) is 4.21. The molecule has 0 fully saturated rings. The highest BCUT2D eigenvalue weighted by molar-refractivity contribution is 6.31. The molecule has 2 aromatic carbocycles. The lowest BCUT2D eigenvalue weighted by molar-refractivity contribution is 0.0887. The smallest absolute Gasteiger partial charge is 0.119 e. The number of aryl methyl sites for hydroxylation is 1. The van der Waals surface area contributed by atoms with Crippen molar-refractivity contribution >= 4 is 11.6 Å².